The molecule has 7 nitrogen and oxygen atoms in total. The van der Waals surface area contributed by atoms with Crippen molar-refractivity contribution in [3.05, 3.63) is 87.4 Å². The molecule has 0 atom stereocenters. The molecule has 4 aromatic rings. The normalized spacial score (nSPS) is 14.7. The fraction of sp³-hybridized carbons (Fsp3) is 0.323. The molecule has 0 aliphatic carbocycles. The maximum Gasteiger partial charge on any atom is 0.227 e. The topological polar surface area (TPSA) is 79.4 Å². The monoisotopic (exact) mass is 577 g/mol. The van der Waals surface area contributed by atoms with Crippen molar-refractivity contribution in [1.82, 2.24) is 15.3 Å². The van der Waals surface area contributed by atoms with Crippen LogP contribution in [0.4, 0.5) is 11.8 Å². The molecule has 2 heterocycles. The Bertz CT molecular complexity index is 1520. The van der Waals surface area contributed by atoms with E-state index < -0.39 is 5.41 Å². The zero-order valence-electron chi connectivity index (χ0n) is 22.9. The number of nitrogens with zero attached hydrogens (tertiary/aromatic N) is 3. The smallest absolute Gasteiger partial charge is 0.227 e. The Hall–Kier alpha value is -3.55. The maximum atomic E-state index is 13.8. The second-order valence-corrected chi connectivity index (χ2v) is 11.1. The molecule has 1 fully saturated rings. The molecular formula is C31H33Cl2N5O2. The van der Waals surface area contributed by atoms with Crippen molar-refractivity contribution < 1.29 is 9.53 Å². The molecule has 9 heteroatoms. The van der Waals surface area contributed by atoms with Gasteiger partial charge in [-0.15, -0.1) is 0 Å². The Kier molecular flexibility index (Phi) is 8.33. The van der Waals surface area contributed by atoms with Crippen LogP contribution in [-0.4, -0.2) is 43.1 Å². The number of rotatable bonds is 8. The Morgan fingerprint density at radius 3 is 2.45 bits per heavy atom. The van der Waals surface area contributed by atoms with Crippen LogP contribution in [0.5, 0.6) is 5.75 Å². The van der Waals surface area contributed by atoms with Gasteiger partial charge in [0, 0.05) is 48.2 Å². The lowest BCUT2D eigenvalue weighted by atomic mass is 9.73. The first kappa shape index (κ1) is 28.0. The summed E-state index contributed by atoms with van der Waals surface area (Å²) >= 11 is 12.5. The van der Waals surface area contributed by atoms with Gasteiger partial charge in [-0.05, 0) is 67.1 Å². The molecule has 1 aliphatic heterocycles. The number of aryl methyl sites for hydroxylation is 1. The van der Waals surface area contributed by atoms with E-state index in [9.17, 15) is 4.79 Å². The first-order valence-corrected chi connectivity index (χ1v) is 14.1. The number of amides is 1. The van der Waals surface area contributed by atoms with Gasteiger partial charge in [-0.3, -0.25) is 4.79 Å². The van der Waals surface area contributed by atoms with Gasteiger partial charge in [-0.2, -0.15) is 4.98 Å². The van der Waals surface area contributed by atoms with Crippen LogP contribution in [0, 0.1) is 12.3 Å². The molecule has 0 bridgehead atoms. The van der Waals surface area contributed by atoms with Gasteiger partial charge in [0.15, 0.2) is 0 Å². The molecule has 0 saturated carbocycles. The summed E-state index contributed by atoms with van der Waals surface area (Å²) in [5, 5.41) is 8.66. The Morgan fingerprint density at radius 2 is 1.77 bits per heavy atom. The van der Waals surface area contributed by atoms with E-state index in [0.29, 0.717) is 54.9 Å². The van der Waals surface area contributed by atoms with Gasteiger partial charge in [-0.1, -0.05) is 53.5 Å². The number of nitrogens with one attached hydrogen (secondary N) is 2. The summed E-state index contributed by atoms with van der Waals surface area (Å²) in [5.41, 5.74) is 3.22. The second kappa shape index (κ2) is 11.9. The third-order valence-electron chi connectivity index (χ3n) is 7.78. The summed E-state index contributed by atoms with van der Waals surface area (Å²) in [6, 6.07) is 19.3. The molecule has 1 saturated heterocycles. The number of hydrogen-bond donors (Lipinski definition) is 2. The number of ether oxygens (including phenoxy) is 1. The maximum absolute atomic E-state index is 13.8. The van der Waals surface area contributed by atoms with Gasteiger partial charge < -0.3 is 20.3 Å². The Labute approximate surface area is 244 Å². The largest absolute Gasteiger partial charge is 0.496 e. The number of piperidine rings is 1. The summed E-state index contributed by atoms with van der Waals surface area (Å²) in [6.07, 6.45) is 1.91. The van der Waals surface area contributed by atoms with E-state index in [2.05, 4.69) is 15.5 Å². The summed E-state index contributed by atoms with van der Waals surface area (Å²) < 4.78 is 5.54. The lowest BCUT2D eigenvalue weighted by Crippen LogP contribution is -2.50. The van der Waals surface area contributed by atoms with Crippen LogP contribution in [0.2, 0.25) is 10.0 Å². The van der Waals surface area contributed by atoms with Crippen molar-refractivity contribution in [3.63, 3.8) is 0 Å². The van der Waals surface area contributed by atoms with Crippen molar-refractivity contribution >= 4 is 51.8 Å². The highest BCUT2D eigenvalue weighted by Crippen LogP contribution is 2.38. The number of carbonyl (C=O) groups excluding carboxylic acids is 1. The fourth-order valence-corrected chi connectivity index (χ4v) is 5.75. The van der Waals surface area contributed by atoms with E-state index in [4.69, 9.17) is 37.9 Å². The number of fused-ring (bicyclic) bond motifs is 1. The molecule has 0 spiro atoms. The van der Waals surface area contributed by atoms with E-state index in [1.165, 1.54) is 0 Å². The molecule has 0 unspecified atom stereocenters. The van der Waals surface area contributed by atoms with Gasteiger partial charge in [0.25, 0.3) is 0 Å². The number of carbonyl (C=O) groups is 1. The zero-order valence-corrected chi connectivity index (χ0v) is 24.4. The highest BCUT2D eigenvalue weighted by atomic mass is 35.5. The van der Waals surface area contributed by atoms with Crippen LogP contribution in [0.15, 0.2) is 60.7 Å². The standard InChI is InChI=1S/C31H33Cl2N5O2/c1-20-16-24-26(17-27(20)40-3)36-30(37-28(24)34-2)38-14-12-31(13-15-38,18-21-8-10-23(32)11-9-21)29(39)35-19-22-6-4-5-7-25(22)33/h4-11,16-17H,12-15,18-19H2,1-3H3,(H,35,39)(H,34,36,37). The van der Waals surface area contributed by atoms with Crippen LogP contribution >= 0.6 is 23.2 Å². The third kappa shape index (κ3) is 5.81. The number of halogens is 2. The predicted molar refractivity (Wildman–Crippen MR) is 163 cm³/mol. The van der Waals surface area contributed by atoms with Gasteiger partial charge in [0.2, 0.25) is 11.9 Å². The van der Waals surface area contributed by atoms with Crippen LogP contribution in [0.25, 0.3) is 10.9 Å². The molecule has 1 aromatic heterocycles. The van der Waals surface area contributed by atoms with Gasteiger partial charge in [0.1, 0.15) is 11.6 Å². The predicted octanol–water partition coefficient (Wildman–Crippen LogP) is 6.44. The molecule has 1 amide bonds. The molecule has 2 N–H and O–H groups in total. The van der Waals surface area contributed by atoms with E-state index >= 15 is 0 Å². The molecule has 1 aliphatic rings. The van der Waals surface area contributed by atoms with E-state index in [1.54, 1.807) is 7.11 Å². The van der Waals surface area contributed by atoms with E-state index in [1.807, 2.05) is 74.6 Å². The zero-order chi connectivity index (χ0) is 28.3. The first-order valence-electron chi connectivity index (χ1n) is 13.4. The minimum absolute atomic E-state index is 0.0255. The number of benzene rings is 3. The summed E-state index contributed by atoms with van der Waals surface area (Å²) in [4.78, 5) is 25.7. The third-order valence-corrected chi connectivity index (χ3v) is 8.40. The van der Waals surface area contributed by atoms with Crippen molar-refractivity contribution in [2.24, 2.45) is 5.41 Å². The first-order chi connectivity index (χ1) is 19.3. The van der Waals surface area contributed by atoms with Crippen molar-refractivity contribution in [1.29, 1.82) is 0 Å². The number of methoxy groups -OCH3 is 1. The van der Waals surface area contributed by atoms with Crippen LogP contribution < -0.4 is 20.3 Å². The Morgan fingerprint density at radius 1 is 1.05 bits per heavy atom. The van der Waals surface area contributed by atoms with Crippen molar-refractivity contribution in [2.45, 2.75) is 32.7 Å². The number of hydrogen-bond acceptors (Lipinski definition) is 6. The molecule has 208 valence electrons. The lowest BCUT2D eigenvalue weighted by Gasteiger charge is -2.41. The lowest BCUT2D eigenvalue weighted by molar-refractivity contribution is -0.132. The summed E-state index contributed by atoms with van der Waals surface area (Å²) in [5.74, 6) is 2.22. The van der Waals surface area contributed by atoms with E-state index in [-0.39, 0.29) is 5.91 Å². The molecule has 5 rings (SSSR count). The molecular weight excluding hydrogens is 545 g/mol. The minimum Gasteiger partial charge on any atom is -0.496 e. The SMILES string of the molecule is CNc1nc(N2CCC(Cc3ccc(Cl)cc3)(C(=O)NCc3ccccc3Cl)CC2)nc2cc(OC)c(C)cc12. The highest BCUT2D eigenvalue weighted by molar-refractivity contribution is 6.31. The van der Waals surface area contributed by atoms with Crippen molar-refractivity contribution in [2.75, 3.05) is 37.5 Å². The molecule has 40 heavy (non-hydrogen) atoms. The van der Waals surface area contributed by atoms with Gasteiger partial charge in [-0.25, -0.2) is 4.98 Å². The molecule has 0 radical (unpaired) electrons. The fourth-order valence-electron chi connectivity index (χ4n) is 5.42. The summed E-state index contributed by atoms with van der Waals surface area (Å²) in [6.45, 7) is 3.67. The minimum atomic E-state index is -0.589. The van der Waals surface area contributed by atoms with Crippen molar-refractivity contribution in [3.8, 4) is 5.75 Å². The second-order valence-electron chi connectivity index (χ2n) is 10.3. The average molecular weight is 579 g/mol. The van der Waals surface area contributed by atoms with Crippen LogP contribution in [0.3, 0.4) is 0 Å². The number of aromatic nitrogens is 2. The Balaban J connectivity index is 1.40. The highest BCUT2D eigenvalue weighted by Gasteiger charge is 2.42. The van der Waals surface area contributed by atoms with E-state index in [0.717, 1.165) is 39.2 Å². The van der Waals surface area contributed by atoms with Crippen LogP contribution in [-0.2, 0) is 17.8 Å². The summed E-state index contributed by atoms with van der Waals surface area (Å²) in [7, 11) is 3.53. The number of anilines is 2. The molecule has 3 aromatic carbocycles. The van der Waals surface area contributed by atoms with Gasteiger partial charge in [0.05, 0.1) is 18.0 Å². The van der Waals surface area contributed by atoms with Gasteiger partial charge >= 0.3 is 0 Å². The van der Waals surface area contributed by atoms with Crippen LogP contribution in [0.1, 0.15) is 29.5 Å². The average Bonchev–Trinajstić information content (AvgIpc) is 2.97. The quantitative estimate of drug-likeness (QED) is 0.251.